The van der Waals surface area contributed by atoms with E-state index >= 15 is 0 Å². The standard InChI is InChI=1S/C11H17N/c1-2-12-10-6-9-11-7-4-3-5-8-11/h6-7,9-10H,2-5,8H2,1H3/b9-6-,12-10?. The second kappa shape index (κ2) is 5.76. The molecule has 1 aliphatic carbocycles. The van der Waals surface area contributed by atoms with Gasteiger partial charge in [-0.15, -0.1) is 0 Å². The minimum Gasteiger partial charge on any atom is -0.293 e. The normalized spacial score (nSPS) is 18.9. The highest BCUT2D eigenvalue weighted by Crippen LogP contribution is 2.17. The van der Waals surface area contributed by atoms with Gasteiger partial charge in [0.25, 0.3) is 0 Å². The summed E-state index contributed by atoms with van der Waals surface area (Å²) >= 11 is 0. The second-order valence-electron chi connectivity index (χ2n) is 3.03. The fraction of sp³-hybridized carbons (Fsp3) is 0.545. The number of hydrogen-bond acceptors (Lipinski definition) is 1. The molecule has 0 fully saturated rings. The summed E-state index contributed by atoms with van der Waals surface area (Å²) in [5, 5.41) is 0. The van der Waals surface area contributed by atoms with E-state index in [0.717, 1.165) is 6.54 Å². The molecule has 0 aromatic carbocycles. The Labute approximate surface area is 74.9 Å². The van der Waals surface area contributed by atoms with Crippen LogP contribution in [0.2, 0.25) is 0 Å². The van der Waals surface area contributed by atoms with Gasteiger partial charge >= 0.3 is 0 Å². The summed E-state index contributed by atoms with van der Waals surface area (Å²) in [5.74, 6) is 0. The Kier molecular flexibility index (Phi) is 4.43. The van der Waals surface area contributed by atoms with E-state index in [1.807, 2.05) is 19.2 Å². The van der Waals surface area contributed by atoms with Gasteiger partial charge in [0, 0.05) is 12.8 Å². The van der Waals surface area contributed by atoms with Crippen LogP contribution in [0.25, 0.3) is 0 Å². The Morgan fingerprint density at radius 3 is 3.08 bits per heavy atom. The first-order chi connectivity index (χ1) is 5.93. The summed E-state index contributed by atoms with van der Waals surface area (Å²) in [5.41, 5.74) is 1.48. The summed E-state index contributed by atoms with van der Waals surface area (Å²) in [6.07, 6.45) is 13.6. The van der Waals surface area contributed by atoms with E-state index < -0.39 is 0 Å². The molecule has 1 rings (SSSR count). The first kappa shape index (κ1) is 9.24. The molecular formula is C11H17N. The molecule has 0 radical (unpaired) electrons. The van der Waals surface area contributed by atoms with Crippen molar-refractivity contribution < 1.29 is 0 Å². The van der Waals surface area contributed by atoms with Crippen LogP contribution in [0.15, 0.2) is 28.8 Å². The zero-order valence-corrected chi connectivity index (χ0v) is 7.79. The second-order valence-corrected chi connectivity index (χ2v) is 3.03. The molecule has 1 heteroatoms. The zero-order valence-electron chi connectivity index (χ0n) is 7.79. The van der Waals surface area contributed by atoms with Crippen LogP contribution in [-0.4, -0.2) is 12.8 Å². The largest absolute Gasteiger partial charge is 0.293 e. The lowest BCUT2D eigenvalue weighted by Crippen LogP contribution is -1.88. The number of allylic oxidation sites excluding steroid dienone is 4. The van der Waals surface area contributed by atoms with Gasteiger partial charge in [0.1, 0.15) is 0 Å². The average molecular weight is 163 g/mol. The third-order valence-corrected chi connectivity index (χ3v) is 2.01. The predicted molar refractivity (Wildman–Crippen MR) is 54.7 cm³/mol. The van der Waals surface area contributed by atoms with E-state index in [1.54, 1.807) is 0 Å². The van der Waals surface area contributed by atoms with Gasteiger partial charge in [-0.3, -0.25) is 4.99 Å². The van der Waals surface area contributed by atoms with Gasteiger partial charge in [0.05, 0.1) is 0 Å². The fourth-order valence-corrected chi connectivity index (χ4v) is 1.35. The lowest BCUT2D eigenvalue weighted by molar-refractivity contribution is 0.712. The van der Waals surface area contributed by atoms with Gasteiger partial charge in [-0.25, -0.2) is 0 Å². The van der Waals surface area contributed by atoms with Crippen molar-refractivity contribution in [1.29, 1.82) is 0 Å². The zero-order chi connectivity index (χ0) is 8.65. The van der Waals surface area contributed by atoms with Crippen molar-refractivity contribution in [1.82, 2.24) is 0 Å². The molecule has 12 heavy (non-hydrogen) atoms. The molecule has 0 amide bonds. The van der Waals surface area contributed by atoms with E-state index in [0.29, 0.717) is 0 Å². The molecule has 0 saturated heterocycles. The van der Waals surface area contributed by atoms with Gasteiger partial charge in [-0.2, -0.15) is 0 Å². The minimum atomic E-state index is 0.878. The summed E-state index contributed by atoms with van der Waals surface area (Å²) in [6.45, 7) is 2.92. The summed E-state index contributed by atoms with van der Waals surface area (Å²) in [4.78, 5) is 4.12. The third kappa shape index (κ3) is 3.51. The summed E-state index contributed by atoms with van der Waals surface area (Å²) in [6, 6.07) is 0. The summed E-state index contributed by atoms with van der Waals surface area (Å²) < 4.78 is 0. The molecule has 0 saturated carbocycles. The Balaban J connectivity index is 2.33. The Hall–Kier alpha value is -0.850. The molecule has 0 heterocycles. The average Bonchev–Trinajstić information content (AvgIpc) is 2.14. The van der Waals surface area contributed by atoms with Crippen LogP contribution < -0.4 is 0 Å². The highest BCUT2D eigenvalue weighted by atomic mass is 14.7. The van der Waals surface area contributed by atoms with Crippen LogP contribution in [0.5, 0.6) is 0 Å². The SMILES string of the molecule is CCN=C/C=C\C1=CCCCC1. The minimum absolute atomic E-state index is 0.878. The van der Waals surface area contributed by atoms with Gasteiger partial charge in [-0.05, 0) is 38.7 Å². The molecule has 0 N–H and O–H groups in total. The molecule has 0 atom stereocenters. The van der Waals surface area contributed by atoms with Crippen LogP contribution in [-0.2, 0) is 0 Å². The van der Waals surface area contributed by atoms with Gasteiger partial charge in [0.2, 0.25) is 0 Å². The van der Waals surface area contributed by atoms with E-state index in [9.17, 15) is 0 Å². The Bertz CT molecular complexity index is 199. The first-order valence-electron chi connectivity index (χ1n) is 4.79. The molecule has 1 aliphatic rings. The highest BCUT2D eigenvalue weighted by Gasteiger charge is 1.98. The Morgan fingerprint density at radius 1 is 1.50 bits per heavy atom. The van der Waals surface area contributed by atoms with Gasteiger partial charge in [-0.1, -0.05) is 17.7 Å². The molecule has 0 spiro atoms. The van der Waals surface area contributed by atoms with Crippen LogP contribution in [0.1, 0.15) is 32.6 Å². The molecular weight excluding hydrogens is 146 g/mol. The number of hydrogen-bond donors (Lipinski definition) is 0. The Morgan fingerprint density at radius 2 is 2.42 bits per heavy atom. The molecule has 66 valence electrons. The van der Waals surface area contributed by atoms with Gasteiger partial charge < -0.3 is 0 Å². The fourth-order valence-electron chi connectivity index (χ4n) is 1.35. The van der Waals surface area contributed by atoms with Crippen molar-refractivity contribution in [2.45, 2.75) is 32.6 Å². The molecule has 0 unspecified atom stereocenters. The molecule has 0 aromatic heterocycles. The van der Waals surface area contributed by atoms with Gasteiger partial charge in [0.15, 0.2) is 0 Å². The maximum atomic E-state index is 4.12. The van der Waals surface area contributed by atoms with Crippen molar-refractivity contribution in [2.24, 2.45) is 4.99 Å². The molecule has 0 aromatic rings. The smallest absolute Gasteiger partial charge is 0.0360 e. The predicted octanol–water partition coefficient (Wildman–Crippen LogP) is 3.13. The topological polar surface area (TPSA) is 12.4 Å². The molecule has 1 nitrogen and oxygen atoms in total. The molecule has 0 bridgehead atoms. The van der Waals surface area contributed by atoms with Crippen LogP contribution in [0.3, 0.4) is 0 Å². The quantitative estimate of drug-likeness (QED) is 0.567. The van der Waals surface area contributed by atoms with E-state index in [4.69, 9.17) is 0 Å². The van der Waals surface area contributed by atoms with Crippen LogP contribution in [0.4, 0.5) is 0 Å². The number of aliphatic imine (C=N–C) groups is 1. The van der Waals surface area contributed by atoms with E-state index in [1.165, 1.54) is 31.3 Å². The maximum absolute atomic E-state index is 4.12. The maximum Gasteiger partial charge on any atom is 0.0360 e. The number of nitrogens with zero attached hydrogens (tertiary/aromatic N) is 1. The van der Waals surface area contributed by atoms with Crippen LogP contribution >= 0.6 is 0 Å². The van der Waals surface area contributed by atoms with E-state index in [-0.39, 0.29) is 0 Å². The van der Waals surface area contributed by atoms with Crippen molar-refractivity contribution in [3.8, 4) is 0 Å². The van der Waals surface area contributed by atoms with Crippen molar-refractivity contribution in [3.63, 3.8) is 0 Å². The number of rotatable bonds is 3. The highest BCUT2D eigenvalue weighted by molar-refractivity contribution is 5.71. The lowest BCUT2D eigenvalue weighted by Gasteiger charge is -2.07. The lowest BCUT2D eigenvalue weighted by atomic mass is 9.99. The van der Waals surface area contributed by atoms with Crippen molar-refractivity contribution >= 4 is 6.21 Å². The molecule has 0 aliphatic heterocycles. The third-order valence-electron chi connectivity index (χ3n) is 2.01. The van der Waals surface area contributed by atoms with Crippen molar-refractivity contribution in [3.05, 3.63) is 23.8 Å². The monoisotopic (exact) mass is 163 g/mol. The van der Waals surface area contributed by atoms with Crippen LogP contribution in [0, 0.1) is 0 Å². The van der Waals surface area contributed by atoms with Crippen molar-refractivity contribution in [2.75, 3.05) is 6.54 Å². The van der Waals surface area contributed by atoms with E-state index in [2.05, 4.69) is 17.1 Å². The first-order valence-corrected chi connectivity index (χ1v) is 4.79. The summed E-state index contributed by atoms with van der Waals surface area (Å²) in [7, 11) is 0.